The van der Waals surface area contributed by atoms with Crippen molar-refractivity contribution in [1.29, 1.82) is 0 Å². The second-order valence-corrected chi connectivity index (χ2v) is 4.70. The van der Waals surface area contributed by atoms with Crippen LogP contribution in [-0.4, -0.2) is 11.1 Å². The van der Waals surface area contributed by atoms with Gasteiger partial charge in [-0.2, -0.15) is 0 Å². The summed E-state index contributed by atoms with van der Waals surface area (Å²) in [7, 11) is 0. The van der Waals surface area contributed by atoms with Crippen LogP contribution in [0, 0.1) is 0 Å². The van der Waals surface area contributed by atoms with Crippen LogP contribution in [0.15, 0.2) is 54.6 Å². The monoisotopic (exact) mass is 282 g/mol. The summed E-state index contributed by atoms with van der Waals surface area (Å²) in [5, 5.41) is 8.58. The van der Waals surface area contributed by atoms with Crippen molar-refractivity contribution in [3.05, 3.63) is 71.3 Å². The molecule has 0 aliphatic carbocycles. The van der Waals surface area contributed by atoms with E-state index in [0.29, 0.717) is 6.61 Å². The molecule has 0 bridgehead atoms. The van der Waals surface area contributed by atoms with Crippen LogP contribution in [0.25, 0.3) is 6.08 Å². The van der Waals surface area contributed by atoms with Gasteiger partial charge in [-0.1, -0.05) is 43.3 Å². The molecule has 2 rings (SSSR count). The van der Waals surface area contributed by atoms with Crippen LogP contribution in [0.4, 0.5) is 0 Å². The molecule has 0 spiro atoms. The van der Waals surface area contributed by atoms with E-state index in [1.807, 2.05) is 42.5 Å². The molecule has 0 unspecified atom stereocenters. The lowest BCUT2D eigenvalue weighted by Crippen LogP contribution is -1.96. The molecule has 2 aromatic rings. The smallest absolute Gasteiger partial charge is 0.328 e. The van der Waals surface area contributed by atoms with E-state index >= 15 is 0 Å². The molecule has 3 heteroatoms. The van der Waals surface area contributed by atoms with Gasteiger partial charge >= 0.3 is 5.97 Å². The summed E-state index contributed by atoms with van der Waals surface area (Å²) in [5.41, 5.74) is 3.15. The molecule has 0 heterocycles. The van der Waals surface area contributed by atoms with Crippen LogP contribution in [0.2, 0.25) is 0 Å². The lowest BCUT2D eigenvalue weighted by Gasteiger charge is -2.07. The Bertz CT molecular complexity index is 627. The number of hydrogen-bond donors (Lipinski definition) is 1. The number of carbonyl (C=O) groups is 1. The first kappa shape index (κ1) is 14.9. The van der Waals surface area contributed by atoms with Crippen molar-refractivity contribution in [2.24, 2.45) is 0 Å². The Hall–Kier alpha value is -2.55. The molecule has 0 saturated carbocycles. The highest BCUT2D eigenvalue weighted by Gasteiger charge is 1.98. The van der Waals surface area contributed by atoms with Crippen LogP contribution in [0.3, 0.4) is 0 Å². The highest BCUT2D eigenvalue weighted by Crippen LogP contribution is 2.16. The number of carboxylic acid groups (broad SMARTS) is 1. The first-order valence-electron chi connectivity index (χ1n) is 6.89. The van der Waals surface area contributed by atoms with Crippen molar-refractivity contribution >= 4 is 12.0 Å². The normalized spacial score (nSPS) is 10.7. The summed E-state index contributed by atoms with van der Waals surface area (Å²) in [6.45, 7) is 2.61. The first-order valence-corrected chi connectivity index (χ1v) is 6.89. The Labute approximate surface area is 124 Å². The van der Waals surface area contributed by atoms with Gasteiger partial charge in [-0.15, -0.1) is 0 Å². The summed E-state index contributed by atoms with van der Waals surface area (Å²) < 4.78 is 5.76. The molecule has 0 atom stereocenters. The Kier molecular flexibility index (Phi) is 5.16. The molecule has 108 valence electrons. The molecular weight excluding hydrogens is 264 g/mol. The van der Waals surface area contributed by atoms with Crippen LogP contribution in [0.5, 0.6) is 5.75 Å². The van der Waals surface area contributed by atoms with E-state index < -0.39 is 5.97 Å². The zero-order chi connectivity index (χ0) is 15.1. The van der Waals surface area contributed by atoms with Crippen molar-refractivity contribution in [1.82, 2.24) is 0 Å². The van der Waals surface area contributed by atoms with Crippen molar-refractivity contribution in [3.8, 4) is 5.75 Å². The molecule has 0 saturated heterocycles. The minimum absolute atomic E-state index is 0.496. The summed E-state index contributed by atoms with van der Waals surface area (Å²) in [4.78, 5) is 10.4. The fourth-order valence-electron chi connectivity index (χ4n) is 1.91. The molecule has 0 aromatic heterocycles. The largest absolute Gasteiger partial charge is 0.489 e. The predicted molar refractivity (Wildman–Crippen MR) is 83.3 cm³/mol. The highest BCUT2D eigenvalue weighted by molar-refractivity contribution is 5.85. The third-order valence-electron chi connectivity index (χ3n) is 3.11. The highest BCUT2D eigenvalue weighted by atomic mass is 16.5. The van der Waals surface area contributed by atoms with Crippen molar-refractivity contribution < 1.29 is 14.6 Å². The molecule has 0 radical (unpaired) electrons. The lowest BCUT2D eigenvalue weighted by atomic mass is 10.1. The van der Waals surface area contributed by atoms with Crippen molar-refractivity contribution in [2.45, 2.75) is 20.0 Å². The number of hydrogen-bond acceptors (Lipinski definition) is 2. The van der Waals surface area contributed by atoms with E-state index in [1.54, 1.807) is 6.08 Å². The van der Waals surface area contributed by atoms with E-state index in [1.165, 1.54) is 5.56 Å². The van der Waals surface area contributed by atoms with Crippen LogP contribution in [0.1, 0.15) is 23.6 Å². The molecular formula is C18H18O3. The van der Waals surface area contributed by atoms with Gasteiger partial charge in [0.15, 0.2) is 0 Å². The molecule has 0 fully saturated rings. The standard InChI is InChI=1S/C18H18O3/c1-2-14-4-3-5-17(12-14)21-13-16-8-6-15(7-9-16)10-11-18(19)20/h3-12H,2,13H2,1H3,(H,19,20). The second-order valence-electron chi connectivity index (χ2n) is 4.70. The summed E-state index contributed by atoms with van der Waals surface area (Å²) in [6, 6.07) is 15.7. The summed E-state index contributed by atoms with van der Waals surface area (Å²) in [6.07, 6.45) is 3.68. The number of ether oxygens (including phenoxy) is 1. The minimum atomic E-state index is -0.946. The first-order chi connectivity index (χ1) is 10.2. The third kappa shape index (κ3) is 4.80. The average Bonchev–Trinajstić information content (AvgIpc) is 2.52. The Morgan fingerprint density at radius 1 is 1.14 bits per heavy atom. The van der Waals surface area contributed by atoms with Gasteiger partial charge in [-0.05, 0) is 41.3 Å². The zero-order valence-corrected chi connectivity index (χ0v) is 12.0. The predicted octanol–water partition coefficient (Wildman–Crippen LogP) is 3.93. The van der Waals surface area contributed by atoms with Gasteiger partial charge in [0, 0.05) is 6.08 Å². The molecule has 0 amide bonds. The fourth-order valence-corrected chi connectivity index (χ4v) is 1.91. The van der Waals surface area contributed by atoms with Crippen molar-refractivity contribution in [3.63, 3.8) is 0 Å². The number of aliphatic carboxylic acids is 1. The third-order valence-corrected chi connectivity index (χ3v) is 3.11. The Morgan fingerprint density at radius 2 is 1.90 bits per heavy atom. The second kappa shape index (κ2) is 7.29. The van der Waals surface area contributed by atoms with Crippen LogP contribution >= 0.6 is 0 Å². The number of rotatable bonds is 6. The lowest BCUT2D eigenvalue weighted by molar-refractivity contribution is -0.131. The summed E-state index contributed by atoms with van der Waals surface area (Å²) >= 11 is 0. The van der Waals surface area contributed by atoms with Gasteiger partial charge < -0.3 is 9.84 Å². The van der Waals surface area contributed by atoms with E-state index in [-0.39, 0.29) is 0 Å². The molecule has 21 heavy (non-hydrogen) atoms. The quantitative estimate of drug-likeness (QED) is 0.817. The Balaban J connectivity index is 1.95. The van der Waals surface area contributed by atoms with Gasteiger partial charge in [-0.3, -0.25) is 0 Å². The molecule has 0 aliphatic heterocycles. The van der Waals surface area contributed by atoms with Gasteiger partial charge in [-0.25, -0.2) is 4.79 Å². The van der Waals surface area contributed by atoms with Gasteiger partial charge in [0.05, 0.1) is 0 Å². The SMILES string of the molecule is CCc1cccc(OCc2ccc(C=CC(=O)O)cc2)c1. The minimum Gasteiger partial charge on any atom is -0.489 e. The maximum Gasteiger partial charge on any atom is 0.328 e. The Morgan fingerprint density at radius 3 is 2.57 bits per heavy atom. The number of aryl methyl sites for hydroxylation is 1. The maximum atomic E-state index is 10.4. The van der Waals surface area contributed by atoms with Gasteiger partial charge in [0.2, 0.25) is 0 Å². The van der Waals surface area contributed by atoms with E-state index in [9.17, 15) is 4.79 Å². The maximum absolute atomic E-state index is 10.4. The van der Waals surface area contributed by atoms with Gasteiger partial charge in [0.1, 0.15) is 12.4 Å². The average molecular weight is 282 g/mol. The van der Waals surface area contributed by atoms with Crippen LogP contribution < -0.4 is 4.74 Å². The summed E-state index contributed by atoms with van der Waals surface area (Å²) in [5.74, 6) is -0.0811. The van der Waals surface area contributed by atoms with Crippen LogP contribution in [-0.2, 0) is 17.8 Å². The van der Waals surface area contributed by atoms with Crippen molar-refractivity contribution in [2.75, 3.05) is 0 Å². The molecule has 2 aromatic carbocycles. The van der Waals surface area contributed by atoms with Gasteiger partial charge in [0.25, 0.3) is 0 Å². The zero-order valence-electron chi connectivity index (χ0n) is 12.0. The number of carboxylic acids is 1. The fraction of sp³-hybridized carbons (Fsp3) is 0.167. The number of benzene rings is 2. The van der Waals surface area contributed by atoms with E-state index in [0.717, 1.165) is 29.4 Å². The molecule has 0 aliphatic rings. The van der Waals surface area contributed by atoms with E-state index in [2.05, 4.69) is 13.0 Å². The topological polar surface area (TPSA) is 46.5 Å². The molecule has 3 nitrogen and oxygen atoms in total. The molecule has 1 N–H and O–H groups in total. The van der Waals surface area contributed by atoms with E-state index in [4.69, 9.17) is 9.84 Å².